The molecule has 1 aliphatic rings. The minimum atomic E-state index is -4.39. The van der Waals surface area contributed by atoms with Crippen molar-refractivity contribution in [2.75, 3.05) is 32.8 Å². The lowest BCUT2D eigenvalue weighted by molar-refractivity contribution is -0.137. The third-order valence-corrected chi connectivity index (χ3v) is 5.69. The highest BCUT2D eigenvalue weighted by Crippen LogP contribution is 2.29. The zero-order valence-corrected chi connectivity index (χ0v) is 18.6. The number of carbonyl (C=O) groups is 1. The van der Waals surface area contributed by atoms with Gasteiger partial charge in [-0.1, -0.05) is 30.3 Å². The second-order valence-corrected chi connectivity index (χ2v) is 7.88. The third kappa shape index (κ3) is 7.85. The number of rotatable bonds is 10. The number of aldehydes is 1. The Kier molecular flexibility index (Phi) is 10.1. The number of likely N-dealkylation sites (tertiary alicyclic amines) is 1. The molecule has 0 bridgehead atoms. The van der Waals surface area contributed by atoms with Crippen LogP contribution in [0.25, 0.3) is 0 Å². The minimum absolute atomic E-state index is 0. The normalized spacial score (nSPS) is 16.3. The summed E-state index contributed by atoms with van der Waals surface area (Å²) in [7, 11) is 0. The van der Waals surface area contributed by atoms with Crippen LogP contribution in [0.4, 0.5) is 13.2 Å². The summed E-state index contributed by atoms with van der Waals surface area (Å²) in [5, 5.41) is 3.25. The first-order valence-corrected chi connectivity index (χ1v) is 10.5. The highest BCUT2D eigenvalue weighted by molar-refractivity contribution is 5.85. The number of carbonyl (C=O) groups excluding carboxylic acids is 1. The van der Waals surface area contributed by atoms with Gasteiger partial charge < -0.3 is 19.7 Å². The number of pyridine rings is 1. The maximum Gasteiger partial charge on any atom is 0.417 e. The van der Waals surface area contributed by atoms with Crippen molar-refractivity contribution < 1.29 is 22.7 Å². The molecule has 1 aromatic heterocycles. The van der Waals surface area contributed by atoms with Gasteiger partial charge in [-0.15, -0.1) is 12.4 Å². The van der Waals surface area contributed by atoms with E-state index in [-0.39, 0.29) is 19.0 Å². The standard InChI is InChI=1S/C23H28F3N3O2.ClH/c24-23(25,26)20-6-7-21(28-16-20)17-27-18-22(31-15-14-30)9-12-29(13-10-22)11-8-19-4-2-1-3-5-19;/h1-7,14,16,27H,8-13,15,17-18H2;1H. The summed E-state index contributed by atoms with van der Waals surface area (Å²) >= 11 is 0. The van der Waals surface area contributed by atoms with Gasteiger partial charge in [0.15, 0.2) is 0 Å². The molecule has 0 radical (unpaired) electrons. The van der Waals surface area contributed by atoms with Crippen molar-refractivity contribution in [3.8, 4) is 0 Å². The van der Waals surface area contributed by atoms with Gasteiger partial charge in [0.25, 0.3) is 0 Å². The van der Waals surface area contributed by atoms with Crippen LogP contribution >= 0.6 is 12.4 Å². The van der Waals surface area contributed by atoms with E-state index in [0.29, 0.717) is 18.8 Å². The SMILES string of the molecule is Cl.O=CCOC1(CNCc2ccc(C(F)(F)F)cn2)CCN(CCc2ccccc2)CC1. The Hall–Kier alpha value is -2.00. The predicted octanol–water partition coefficient (Wildman–Crippen LogP) is 3.90. The smallest absolute Gasteiger partial charge is 0.366 e. The summed E-state index contributed by atoms with van der Waals surface area (Å²) in [4.78, 5) is 17.1. The van der Waals surface area contributed by atoms with Crippen LogP contribution in [0.5, 0.6) is 0 Å². The lowest BCUT2D eigenvalue weighted by Crippen LogP contribution is -2.52. The number of nitrogens with zero attached hydrogens (tertiary/aromatic N) is 2. The monoisotopic (exact) mass is 471 g/mol. The third-order valence-electron chi connectivity index (χ3n) is 5.69. The maximum absolute atomic E-state index is 12.7. The second-order valence-electron chi connectivity index (χ2n) is 7.88. The molecule has 5 nitrogen and oxygen atoms in total. The number of benzene rings is 1. The van der Waals surface area contributed by atoms with Crippen molar-refractivity contribution in [3.05, 3.63) is 65.5 Å². The van der Waals surface area contributed by atoms with E-state index < -0.39 is 17.3 Å². The van der Waals surface area contributed by atoms with Gasteiger partial charge in [0.1, 0.15) is 12.9 Å². The van der Waals surface area contributed by atoms with Crippen LogP contribution in [0, 0.1) is 0 Å². The van der Waals surface area contributed by atoms with Crippen LogP contribution in [0.2, 0.25) is 0 Å². The van der Waals surface area contributed by atoms with Gasteiger partial charge in [-0.05, 0) is 37.0 Å². The van der Waals surface area contributed by atoms with Gasteiger partial charge in [0.2, 0.25) is 0 Å². The molecule has 1 aromatic carbocycles. The fraction of sp³-hybridized carbons (Fsp3) is 0.478. The molecule has 0 aliphatic carbocycles. The van der Waals surface area contributed by atoms with E-state index in [4.69, 9.17) is 4.74 Å². The summed E-state index contributed by atoms with van der Waals surface area (Å²) in [6.45, 7) is 3.58. The topological polar surface area (TPSA) is 54.5 Å². The number of nitrogens with one attached hydrogen (secondary N) is 1. The van der Waals surface area contributed by atoms with Crippen LogP contribution in [0.15, 0.2) is 48.7 Å². The Morgan fingerprint density at radius 2 is 1.84 bits per heavy atom. The van der Waals surface area contributed by atoms with E-state index in [9.17, 15) is 18.0 Å². The molecule has 0 unspecified atom stereocenters. The number of hydrogen-bond acceptors (Lipinski definition) is 5. The molecule has 0 atom stereocenters. The van der Waals surface area contributed by atoms with Crippen molar-refractivity contribution >= 4 is 18.7 Å². The molecule has 0 amide bonds. The summed E-state index contributed by atoms with van der Waals surface area (Å²) in [5.74, 6) is 0. The summed E-state index contributed by atoms with van der Waals surface area (Å²) < 4.78 is 43.9. The summed E-state index contributed by atoms with van der Waals surface area (Å²) in [5.41, 5.74) is 0.613. The molecule has 1 fully saturated rings. The van der Waals surface area contributed by atoms with E-state index >= 15 is 0 Å². The molecule has 0 spiro atoms. The molecular formula is C23H29ClF3N3O2. The molecule has 1 saturated heterocycles. The fourth-order valence-corrected chi connectivity index (χ4v) is 3.81. The maximum atomic E-state index is 12.7. The zero-order valence-electron chi connectivity index (χ0n) is 17.8. The van der Waals surface area contributed by atoms with Gasteiger partial charge in [-0.3, -0.25) is 4.98 Å². The largest absolute Gasteiger partial charge is 0.417 e. The van der Waals surface area contributed by atoms with Crippen molar-refractivity contribution in [2.24, 2.45) is 0 Å². The summed E-state index contributed by atoms with van der Waals surface area (Å²) in [6, 6.07) is 12.8. The molecule has 0 saturated carbocycles. The summed E-state index contributed by atoms with van der Waals surface area (Å²) in [6.07, 6.45) is -0.241. The van der Waals surface area contributed by atoms with Crippen molar-refractivity contribution in [1.82, 2.24) is 15.2 Å². The molecule has 176 valence electrons. The number of ether oxygens (including phenoxy) is 1. The van der Waals surface area contributed by atoms with E-state index in [1.165, 1.54) is 11.6 Å². The highest BCUT2D eigenvalue weighted by atomic mass is 35.5. The molecule has 1 aliphatic heterocycles. The number of aromatic nitrogens is 1. The molecule has 32 heavy (non-hydrogen) atoms. The van der Waals surface area contributed by atoms with Crippen molar-refractivity contribution in [2.45, 2.75) is 37.6 Å². The molecule has 2 aromatic rings. The number of halogens is 4. The van der Waals surface area contributed by atoms with Crippen LogP contribution in [0.1, 0.15) is 29.7 Å². The lowest BCUT2D eigenvalue weighted by Gasteiger charge is -2.41. The first kappa shape index (κ1) is 26.3. The van der Waals surface area contributed by atoms with E-state index in [1.54, 1.807) is 0 Å². The van der Waals surface area contributed by atoms with Gasteiger partial charge >= 0.3 is 6.18 Å². The first-order valence-electron chi connectivity index (χ1n) is 10.5. The Balaban J connectivity index is 0.00000363. The average molecular weight is 472 g/mol. The molecule has 3 rings (SSSR count). The second kappa shape index (κ2) is 12.3. The van der Waals surface area contributed by atoms with Crippen LogP contribution in [-0.2, 0) is 28.7 Å². The fourth-order valence-electron chi connectivity index (χ4n) is 3.81. The Bertz CT molecular complexity index is 811. The van der Waals surface area contributed by atoms with Crippen LogP contribution in [0.3, 0.4) is 0 Å². The van der Waals surface area contributed by atoms with Crippen LogP contribution < -0.4 is 5.32 Å². The minimum Gasteiger partial charge on any atom is -0.366 e. The Morgan fingerprint density at radius 3 is 2.44 bits per heavy atom. The van der Waals surface area contributed by atoms with Crippen molar-refractivity contribution in [1.29, 1.82) is 0 Å². The van der Waals surface area contributed by atoms with E-state index in [1.807, 2.05) is 18.2 Å². The lowest BCUT2D eigenvalue weighted by atomic mass is 9.90. The number of alkyl halides is 3. The highest BCUT2D eigenvalue weighted by Gasteiger charge is 2.35. The van der Waals surface area contributed by atoms with Gasteiger partial charge in [0.05, 0.1) is 16.9 Å². The average Bonchev–Trinajstić information content (AvgIpc) is 2.78. The molecule has 9 heteroatoms. The molecular weight excluding hydrogens is 443 g/mol. The molecule has 2 heterocycles. The number of hydrogen-bond donors (Lipinski definition) is 1. The van der Waals surface area contributed by atoms with Crippen molar-refractivity contribution in [3.63, 3.8) is 0 Å². The zero-order chi connectivity index (χ0) is 22.2. The van der Waals surface area contributed by atoms with E-state index in [2.05, 4.69) is 27.3 Å². The number of piperidine rings is 1. The predicted molar refractivity (Wildman–Crippen MR) is 119 cm³/mol. The van der Waals surface area contributed by atoms with E-state index in [0.717, 1.165) is 57.4 Å². The Morgan fingerprint density at radius 1 is 1.12 bits per heavy atom. The van der Waals surface area contributed by atoms with Gasteiger partial charge in [-0.25, -0.2) is 0 Å². The van der Waals surface area contributed by atoms with Gasteiger partial charge in [-0.2, -0.15) is 13.2 Å². The quantitative estimate of drug-likeness (QED) is 0.532. The molecule has 1 N–H and O–H groups in total. The van der Waals surface area contributed by atoms with Gasteiger partial charge in [0, 0.05) is 38.9 Å². The van der Waals surface area contributed by atoms with Crippen LogP contribution in [-0.4, -0.2) is 54.6 Å². The first-order chi connectivity index (χ1) is 14.9. The Labute approximate surface area is 192 Å².